The fourth-order valence-electron chi connectivity index (χ4n) is 1.24. The Morgan fingerprint density at radius 3 is 2.62 bits per heavy atom. The van der Waals surface area contributed by atoms with Crippen molar-refractivity contribution < 1.29 is 12.8 Å². The summed E-state index contributed by atoms with van der Waals surface area (Å²) < 4.78 is 38.5. The standard InChI is InChI=1S/C10H11FN2O2S/c1-7-5-9(11)3-4-10(7)16(14,15)13-8(2)6-12/h3-5,8,13H,1-2H3. The molecule has 1 aromatic rings. The van der Waals surface area contributed by atoms with Crippen molar-refractivity contribution in [2.24, 2.45) is 0 Å². The Morgan fingerprint density at radius 2 is 2.12 bits per heavy atom. The SMILES string of the molecule is Cc1cc(F)ccc1S(=O)(=O)NC(C)C#N. The molecule has 4 nitrogen and oxygen atoms in total. The minimum Gasteiger partial charge on any atom is -0.207 e. The summed E-state index contributed by atoms with van der Waals surface area (Å²) in [7, 11) is -3.76. The second-order valence-electron chi connectivity index (χ2n) is 3.38. The van der Waals surface area contributed by atoms with Gasteiger partial charge in [0.2, 0.25) is 10.0 Å². The van der Waals surface area contributed by atoms with Crippen LogP contribution in [-0.4, -0.2) is 14.5 Å². The zero-order chi connectivity index (χ0) is 12.3. The predicted molar refractivity (Wildman–Crippen MR) is 56.5 cm³/mol. The van der Waals surface area contributed by atoms with Crippen LogP contribution in [0.25, 0.3) is 0 Å². The highest BCUT2D eigenvalue weighted by Crippen LogP contribution is 2.16. The number of benzene rings is 1. The van der Waals surface area contributed by atoms with Gasteiger partial charge in [0.25, 0.3) is 0 Å². The summed E-state index contributed by atoms with van der Waals surface area (Å²) >= 11 is 0. The van der Waals surface area contributed by atoms with E-state index in [2.05, 4.69) is 4.72 Å². The zero-order valence-electron chi connectivity index (χ0n) is 8.86. The molecule has 0 bridgehead atoms. The molecule has 6 heteroatoms. The highest BCUT2D eigenvalue weighted by atomic mass is 32.2. The Kier molecular flexibility index (Phi) is 3.62. The Hall–Kier alpha value is -1.45. The van der Waals surface area contributed by atoms with Crippen molar-refractivity contribution in [3.05, 3.63) is 29.6 Å². The molecule has 0 spiro atoms. The number of nitrogens with one attached hydrogen (secondary N) is 1. The number of nitrogens with zero attached hydrogens (tertiary/aromatic N) is 1. The van der Waals surface area contributed by atoms with Gasteiger partial charge in [-0.2, -0.15) is 9.98 Å². The van der Waals surface area contributed by atoms with E-state index < -0.39 is 21.9 Å². The molecule has 86 valence electrons. The van der Waals surface area contributed by atoms with E-state index in [1.807, 2.05) is 0 Å². The molecule has 0 radical (unpaired) electrons. The lowest BCUT2D eigenvalue weighted by Gasteiger charge is -2.10. The fraction of sp³-hybridized carbons (Fsp3) is 0.300. The van der Waals surface area contributed by atoms with Crippen LogP contribution >= 0.6 is 0 Å². The van der Waals surface area contributed by atoms with Gasteiger partial charge in [-0.3, -0.25) is 0 Å². The maximum Gasteiger partial charge on any atom is 0.241 e. The number of aryl methyl sites for hydroxylation is 1. The van der Waals surface area contributed by atoms with Gasteiger partial charge < -0.3 is 0 Å². The molecule has 0 fully saturated rings. The normalized spacial score (nSPS) is 13.1. The van der Waals surface area contributed by atoms with Crippen molar-refractivity contribution in [3.63, 3.8) is 0 Å². The molecule has 0 saturated heterocycles. The maximum atomic E-state index is 12.8. The third-order valence-electron chi connectivity index (χ3n) is 1.95. The van der Waals surface area contributed by atoms with Crippen LogP contribution in [0, 0.1) is 24.1 Å². The van der Waals surface area contributed by atoms with Crippen molar-refractivity contribution in [1.82, 2.24) is 4.72 Å². The van der Waals surface area contributed by atoms with Crippen LogP contribution in [-0.2, 0) is 10.0 Å². The number of hydrogen-bond acceptors (Lipinski definition) is 3. The van der Waals surface area contributed by atoms with Crippen LogP contribution in [0.15, 0.2) is 23.1 Å². The summed E-state index contributed by atoms with van der Waals surface area (Å²) in [6.45, 7) is 2.92. The minimum atomic E-state index is -3.76. The van der Waals surface area contributed by atoms with Crippen molar-refractivity contribution in [1.29, 1.82) is 5.26 Å². The van der Waals surface area contributed by atoms with Crippen molar-refractivity contribution in [2.45, 2.75) is 24.8 Å². The first-order valence-corrected chi connectivity index (χ1v) is 6.03. The smallest absolute Gasteiger partial charge is 0.207 e. The lowest BCUT2D eigenvalue weighted by atomic mass is 10.2. The molecule has 0 heterocycles. The van der Waals surface area contributed by atoms with Crippen LogP contribution in [0.1, 0.15) is 12.5 Å². The molecule has 0 aliphatic carbocycles. The number of hydrogen-bond donors (Lipinski definition) is 1. The average molecular weight is 242 g/mol. The van der Waals surface area contributed by atoms with Gasteiger partial charge in [-0.1, -0.05) is 0 Å². The van der Waals surface area contributed by atoms with Gasteiger partial charge in [0, 0.05) is 0 Å². The number of rotatable bonds is 3. The largest absolute Gasteiger partial charge is 0.241 e. The second kappa shape index (κ2) is 4.60. The quantitative estimate of drug-likeness (QED) is 0.869. The minimum absolute atomic E-state index is 0.0176. The van der Waals surface area contributed by atoms with Gasteiger partial charge in [0.15, 0.2) is 0 Å². The molecule has 1 rings (SSSR count). The van der Waals surface area contributed by atoms with Crippen LogP contribution in [0.4, 0.5) is 4.39 Å². The molecule has 1 unspecified atom stereocenters. The highest BCUT2D eigenvalue weighted by molar-refractivity contribution is 7.89. The Morgan fingerprint density at radius 1 is 1.50 bits per heavy atom. The predicted octanol–water partition coefficient (Wildman–Crippen LogP) is 1.32. The Balaban J connectivity index is 3.14. The van der Waals surface area contributed by atoms with E-state index in [9.17, 15) is 12.8 Å². The van der Waals surface area contributed by atoms with E-state index >= 15 is 0 Å². The molecule has 0 aromatic heterocycles. The Bertz CT molecular complexity index is 534. The van der Waals surface area contributed by atoms with Crippen molar-refractivity contribution in [2.75, 3.05) is 0 Å². The third kappa shape index (κ3) is 2.78. The zero-order valence-corrected chi connectivity index (χ0v) is 9.68. The molecular formula is C10H11FN2O2S. The number of nitriles is 1. The van der Waals surface area contributed by atoms with E-state index in [1.165, 1.54) is 19.9 Å². The number of sulfonamides is 1. The van der Waals surface area contributed by atoms with Crippen molar-refractivity contribution >= 4 is 10.0 Å². The first-order chi connectivity index (χ1) is 7.36. The summed E-state index contributed by atoms with van der Waals surface area (Å²) in [4.78, 5) is -0.0176. The fourth-order valence-corrected chi connectivity index (χ4v) is 2.61. The average Bonchev–Trinajstić information content (AvgIpc) is 2.16. The molecule has 1 N–H and O–H groups in total. The van der Waals surface area contributed by atoms with Gasteiger partial charge in [-0.15, -0.1) is 0 Å². The van der Waals surface area contributed by atoms with Crippen LogP contribution in [0.5, 0.6) is 0 Å². The second-order valence-corrected chi connectivity index (χ2v) is 5.06. The van der Waals surface area contributed by atoms with Crippen LogP contribution < -0.4 is 4.72 Å². The Labute approximate surface area is 93.8 Å². The molecule has 1 atom stereocenters. The van der Waals surface area contributed by atoms with Gasteiger partial charge in [-0.05, 0) is 37.6 Å². The van der Waals surface area contributed by atoms with Gasteiger partial charge >= 0.3 is 0 Å². The van der Waals surface area contributed by atoms with E-state index in [-0.39, 0.29) is 4.90 Å². The van der Waals surface area contributed by atoms with E-state index in [4.69, 9.17) is 5.26 Å². The molecule has 0 amide bonds. The number of halogens is 1. The monoisotopic (exact) mass is 242 g/mol. The van der Waals surface area contributed by atoms with E-state index in [1.54, 1.807) is 6.07 Å². The van der Waals surface area contributed by atoms with Gasteiger partial charge in [-0.25, -0.2) is 12.8 Å². The third-order valence-corrected chi connectivity index (χ3v) is 3.65. The van der Waals surface area contributed by atoms with Gasteiger partial charge in [0.1, 0.15) is 11.9 Å². The summed E-state index contributed by atoms with van der Waals surface area (Å²) in [5, 5.41) is 8.52. The highest BCUT2D eigenvalue weighted by Gasteiger charge is 2.19. The first-order valence-electron chi connectivity index (χ1n) is 4.55. The topological polar surface area (TPSA) is 70.0 Å². The molecule has 0 aliphatic rings. The van der Waals surface area contributed by atoms with Crippen LogP contribution in [0.3, 0.4) is 0 Å². The molecule has 1 aromatic carbocycles. The lowest BCUT2D eigenvalue weighted by molar-refractivity contribution is 0.575. The van der Waals surface area contributed by atoms with Crippen molar-refractivity contribution in [3.8, 4) is 6.07 Å². The van der Waals surface area contributed by atoms with Gasteiger partial charge in [0.05, 0.1) is 11.0 Å². The summed E-state index contributed by atoms with van der Waals surface area (Å²) in [6, 6.07) is 4.31. The first kappa shape index (κ1) is 12.6. The van der Waals surface area contributed by atoms with E-state index in [0.717, 1.165) is 12.1 Å². The molecule has 16 heavy (non-hydrogen) atoms. The van der Waals surface area contributed by atoms with E-state index in [0.29, 0.717) is 5.56 Å². The summed E-state index contributed by atoms with van der Waals surface area (Å²) in [5.41, 5.74) is 0.303. The van der Waals surface area contributed by atoms with Crippen LogP contribution in [0.2, 0.25) is 0 Å². The summed E-state index contributed by atoms with van der Waals surface area (Å²) in [5.74, 6) is -0.496. The molecule has 0 saturated carbocycles. The molecule has 0 aliphatic heterocycles. The summed E-state index contributed by atoms with van der Waals surface area (Å²) in [6.07, 6.45) is 0. The maximum absolute atomic E-state index is 12.8. The molecular weight excluding hydrogens is 231 g/mol. The lowest BCUT2D eigenvalue weighted by Crippen LogP contribution is -2.31.